The van der Waals surface area contributed by atoms with Gasteiger partial charge in [0.05, 0.1) is 16.7 Å². The van der Waals surface area contributed by atoms with Gasteiger partial charge >= 0.3 is 6.03 Å². The van der Waals surface area contributed by atoms with E-state index in [9.17, 15) is 9.18 Å². The Labute approximate surface area is 218 Å². The van der Waals surface area contributed by atoms with E-state index in [-0.39, 0.29) is 0 Å². The molecule has 1 aliphatic heterocycles. The molecule has 0 aliphatic carbocycles. The Bertz CT molecular complexity index is 1580. The molecule has 3 aromatic carbocycles. The fraction of sp³-hybridized carbons (Fsp3) is 0.179. The van der Waals surface area contributed by atoms with Crippen LogP contribution >= 0.6 is 0 Å². The van der Waals surface area contributed by atoms with E-state index < -0.39 is 11.8 Å². The highest BCUT2D eigenvalue weighted by Gasteiger charge is 2.16. The quantitative estimate of drug-likeness (QED) is 0.262. The highest BCUT2D eigenvalue weighted by molar-refractivity contribution is 5.99. The molecule has 4 N–H and O–H groups in total. The van der Waals surface area contributed by atoms with Crippen LogP contribution in [-0.2, 0) is 0 Å². The van der Waals surface area contributed by atoms with Crippen molar-refractivity contribution < 1.29 is 9.18 Å². The second kappa shape index (κ2) is 9.98. The summed E-state index contributed by atoms with van der Waals surface area (Å²) in [5, 5.41) is 12.9. The van der Waals surface area contributed by atoms with Gasteiger partial charge in [-0.3, -0.25) is 5.10 Å². The number of imidazole rings is 1. The number of carbonyl (C=O) groups excluding carboxylic acids is 1. The van der Waals surface area contributed by atoms with E-state index in [0.717, 1.165) is 48.5 Å². The normalized spacial score (nSPS) is 14.1. The minimum atomic E-state index is -0.451. The van der Waals surface area contributed by atoms with Crippen molar-refractivity contribution in [2.75, 3.05) is 48.8 Å². The van der Waals surface area contributed by atoms with Crippen LogP contribution < -0.4 is 15.5 Å². The van der Waals surface area contributed by atoms with E-state index in [0.29, 0.717) is 22.9 Å². The first kappa shape index (κ1) is 23.7. The molecule has 0 atom stereocenters. The number of halogens is 1. The lowest BCUT2D eigenvalue weighted by atomic mass is 10.1. The van der Waals surface area contributed by atoms with E-state index in [1.807, 2.05) is 18.2 Å². The Balaban J connectivity index is 1.13. The van der Waals surface area contributed by atoms with E-state index in [4.69, 9.17) is 4.98 Å². The molecule has 0 unspecified atom stereocenters. The molecule has 2 amide bonds. The van der Waals surface area contributed by atoms with Crippen LogP contribution in [0.4, 0.5) is 26.2 Å². The highest BCUT2D eigenvalue weighted by Crippen LogP contribution is 2.27. The van der Waals surface area contributed by atoms with Crippen LogP contribution in [0, 0.1) is 5.82 Å². The number of likely N-dealkylation sites (N-methyl/N-ethyl adjacent to an activating group) is 1. The maximum atomic E-state index is 13.3. The number of urea groups is 1. The molecule has 9 nitrogen and oxygen atoms in total. The molecule has 0 saturated carbocycles. The summed E-state index contributed by atoms with van der Waals surface area (Å²) >= 11 is 0. The van der Waals surface area contributed by atoms with Crippen molar-refractivity contribution >= 4 is 34.1 Å². The van der Waals surface area contributed by atoms with Crippen molar-refractivity contribution in [2.24, 2.45) is 0 Å². The third-order valence-electron chi connectivity index (χ3n) is 6.69. The van der Waals surface area contributed by atoms with Gasteiger partial charge in [0, 0.05) is 43.2 Å². The molecule has 6 rings (SSSR count). The number of H-pyrrole nitrogens is 2. The fourth-order valence-corrected chi connectivity index (χ4v) is 4.56. The summed E-state index contributed by atoms with van der Waals surface area (Å²) < 4.78 is 13.3. The van der Waals surface area contributed by atoms with Crippen LogP contribution in [0.3, 0.4) is 0 Å². The molecule has 5 aromatic rings. The first-order valence-electron chi connectivity index (χ1n) is 12.4. The third-order valence-corrected chi connectivity index (χ3v) is 6.69. The minimum absolute atomic E-state index is 0.380. The number of aromatic nitrogens is 4. The largest absolute Gasteiger partial charge is 0.369 e. The average Bonchev–Trinajstić information content (AvgIpc) is 3.57. The van der Waals surface area contributed by atoms with Crippen LogP contribution in [0.15, 0.2) is 72.8 Å². The van der Waals surface area contributed by atoms with Gasteiger partial charge in [-0.15, -0.1) is 0 Å². The molecule has 1 saturated heterocycles. The molecule has 1 aliphatic rings. The predicted octanol–water partition coefficient (Wildman–Crippen LogP) is 5.15. The molecule has 1 fully saturated rings. The lowest BCUT2D eigenvalue weighted by Gasteiger charge is -2.34. The number of aromatic amines is 2. The van der Waals surface area contributed by atoms with Crippen molar-refractivity contribution in [3.05, 3.63) is 78.6 Å². The van der Waals surface area contributed by atoms with Gasteiger partial charge in [-0.1, -0.05) is 18.2 Å². The Morgan fingerprint density at radius 3 is 2.50 bits per heavy atom. The van der Waals surface area contributed by atoms with Crippen LogP contribution in [-0.4, -0.2) is 64.3 Å². The summed E-state index contributed by atoms with van der Waals surface area (Å²) in [7, 11) is 2.15. The highest BCUT2D eigenvalue weighted by atomic mass is 19.1. The van der Waals surface area contributed by atoms with Crippen LogP contribution in [0.2, 0.25) is 0 Å². The van der Waals surface area contributed by atoms with Gasteiger partial charge in [0.15, 0.2) is 5.82 Å². The maximum Gasteiger partial charge on any atom is 0.323 e. The van der Waals surface area contributed by atoms with Crippen molar-refractivity contribution in [1.82, 2.24) is 25.1 Å². The molecule has 10 heteroatoms. The second-order valence-corrected chi connectivity index (χ2v) is 9.41. The number of carbonyl (C=O) groups is 1. The molecule has 38 heavy (non-hydrogen) atoms. The van der Waals surface area contributed by atoms with Crippen molar-refractivity contribution in [2.45, 2.75) is 0 Å². The second-order valence-electron chi connectivity index (χ2n) is 9.41. The molecule has 2 aromatic heterocycles. The molecular formula is C28H27FN8O. The molecule has 192 valence electrons. The van der Waals surface area contributed by atoms with Gasteiger partial charge in [0.1, 0.15) is 11.5 Å². The molecule has 0 spiro atoms. The number of hydrogen-bond acceptors (Lipinski definition) is 5. The van der Waals surface area contributed by atoms with E-state index in [2.05, 4.69) is 60.9 Å². The topological polar surface area (TPSA) is 105 Å². The van der Waals surface area contributed by atoms with Gasteiger partial charge in [0.2, 0.25) is 0 Å². The zero-order valence-electron chi connectivity index (χ0n) is 20.8. The third kappa shape index (κ3) is 5.07. The lowest BCUT2D eigenvalue weighted by molar-refractivity contribution is 0.262. The zero-order valence-corrected chi connectivity index (χ0v) is 20.8. The lowest BCUT2D eigenvalue weighted by Crippen LogP contribution is -2.44. The Kier molecular flexibility index (Phi) is 6.22. The number of amides is 2. The van der Waals surface area contributed by atoms with E-state index >= 15 is 0 Å². The van der Waals surface area contributed by atoms with Gasteiger partial charge < -0.3 is 25.4 Å². The standard InChI is InChI=1S/C28H27FN8O/c1-36-11-13-37(14-12-36)22-9-10-23-25(16-22)33-27(32-23)26-17-24(34-35-26)18-5-7-20(8-6-18)30-28(38)31-21-4-2-3-19(29)15-21/h2-10,15-17H,11-14H2,1H3,(H,32,33)(H,34,35)(H2,30,31,38). The number of benzene rings is 3. The summed E-state index contributed by atoms with van der Waals surface area (Å²) in [6, 6.07) is 20.9. The van der Waals surface area contributed by atoms with Crippen molar-refractivity contribution in [1.29, 1.82) is 0 Å². The van der Waals surface area contributed by atoms with E-state index in [1.165, 1.54) is 23.9 Å². The first-order valence-corrected chi connectivity index (χ1v) is 12.4. The Morgan fingerprint density at radius 1 is 0.921 bits per heavy atom. The Morgan fingerprint density at radius 2 is 1.71 bits per heavy atom. The fourth-order valence-electron chi connectivity index (χ4n) is 4.56. The Hall–Kier alpha value is -4.70. The summed E-state index contributed by atoms with van der Waals surface area (Å²) in [5.74, 6) is 0.287. The van der Waals surface area contributed by atoms with Crippen molar-refractivity contribution in [3.63, 3.8) is 0 Å². The smallest absolute Gasteiger partial charge is 0.323 e. The number of hydrogen-bond donors (Lipinski definition) is 4. The van der Waals surface area contributed by atoms with Crippen LogP contribution in [0.1, 0.15) is 0 Å². The number of fused-ring (bicyclic) bond motifs is 1. The number of nitrogens with one attached hydrogen (secondary N) is 4. The minimum Gasteiger partial charge on any atom is -0.369 e. The zero-order chi connectivity index (χ0) is 26.1. The van der Waals surface area contributed by atoms with Gasteiger partial charge in [-0.2, -0.15) is 5.10 Å². The average molecular weight is 511 g/mol. The summed E-state index contributed by atoms with van der Waals surface area (Å²) in [6.45, 7) is 4.13. The number of anilines is 3. The number of nitrogens with zero attached hydrogens (tertiary/aromatic N) is 4. The van der Waals surface area contributed by atoms with Gasteiger partial charge in [-0.25, -0.2) is 14.2 Å². The molecule has 3 heterocycles. The molecule has 0 radical (unpaired) electrons. The molecule has 0 bridgehead atoms. The predicted molar refractivity (Wildman–Crippen MR) is 148 cm³/mol. The maximum absolute atomic E-state index is 13.3. The first-order chi connectivity index (χ1) is 18.5. The number of piperazine rings is 1. The van der Waals surface area contributed by atoms with Gasteiger partial charge in [0.25, 0.3) is 0 Å². The van der Waals surface area contributed by atoms with Gasteiger partial charge in [-0.05, 0) is 67.2 Å². The SMILES string of the molecule is CN1CCN(c2ccc3[nH]c(-c4cc(-c5ccc(NC(=O)Nc6cccc(F)c6)cc5)[nH]n4)nc3c2)CC1. The van der Waals surface area contributed by atoms with Crippen molar-refractivity contribution in [3.8, 4) is 22.8 Å². The summed E-state index contributed by atoms with van der Waals surface area (Å²) in [5.41, 5.74) is 6.50. The van der Waals surface area contributed by atoms with Crippen LogP contribution in [0.25, 0.3) is 33.8 Å². The summed E-state index contributed by atoms with van der Waals surface area (Å²) in [4.78, 5) is 25.1. The monoisotopic (exact) mass is 510 g/mol. The van der Waals surface area contributed by atoms with E-state index in [1.54, 1.807) is 18.2 Å². The number of rotatable bonds is 5. The van der Waals surface area contributed by atoms with Crippen LogP contribution in [0.5, 0.6) is 0 Å². The molecular weight excluding hydrogens is 483 g/mol. The summed E-state index contributed by atoms with van der Waals surface area (Å²) in [6.07, 6.45) is 0.